The quantitative estimate of drug-likeness (QED) is 0.823. The Morgan fingerprint density at radius 1 is 1.47 bits per heavy atom. The van der Waals surface area contributed by atoms with Crippen molar-refractivity contribution in [2.24, 2.45) is 0 Å². The zero-order chi connectivity index (χ0) is 12.3. The smallest absolute Gasteiger partial charge is 0.147 e. The highest BCUT2D eigenvalue weighted by molar-refractivity contribution is 5.37. The van der Waals surface area contributed by atoms with E-state index in [1.807, 2.05) is 13.0 Å². The number of nitrogens with zero attached hydrogens (tertiary/aromatic N) is 2. The van der Waals surface area contributed by atoms with E-state index < -0.39 is 0 Å². The van der Waals surface area contributed by atoms with Crippen LogP contribution in [0.25, 0.3) is 5.69 Å². The number of benzene rings is 1. The molecule has 0 aliphatic heterocycles. The van der Waals surface area contributed by atoms with Gasteiger partial charge in [-0.05, 0) is 24.6 Å². The first-order valence-corrected chi connectivity index (χ1v) is 5.27. The van der Waals surface area contributed by atoms with E-state index in [4.69, 9.17) is 4.84 Å². The topological polar surface area (TPSA) is 39.1 Å². The summed E-state index contributed by atoms with van der Waals surface area (Å²) < 4.78 is 15.6. The van der Waals surface area contributed by atoms with Crippen molar-refractivity contribution >= 4 is 0 Å². The Hall–Kier alpha value is -1.72. The number of nitrogens with one attached hydrogen (secondary N) is 1. The molecule has 5 heteroatoms. The lowest BCUT2D eigenvalue weighted by Gasteiger charge is -2.08. The molecular weight excluding hydrogens is 221 g/mol. The fourth-order valence-electron chi connectivity index (χ4n) is 1.64. The molecule has 17 heavy (non-hydrogen) atoms. The third-order valence-corrected chi connectivity index (χ3v) is 2.52. The molecule has 0 saturated carbocycles. The highest BCUT2D eigenvalue weighted by Crippen LogP contribution is 2.16. The summed E-state index contributed by atoms with van der Waals surface area (Å²) in [5.74, 6) is 0.480. The van der Waals surface area contributed by atoms with E-state index in [1.165, 1.54) is 13.2 Å². The molecule has 0 atom stereocenters. The zero-order valence-electron chi connectivity index (χ0n) is 9.77. The second kappa shape index (κ2) is 5.07. The van der Waals surface area contributed by atoms with Crippen LogP contribution in [0.3, 0.4) is 0 Å². The van der Waals surface area contributed by atoms with Gasteiger partial charge in [-0.15, -0.1) is 0 Å². The van der Waals surface area contributed by atoms with E-state index in [9.17, 15) is 4.39 Å². The number of halogens is 1. The van der Waals surface area contributed by atoms with Crippen molar-refractivity contribution in [1.82, 2.24) is 15.0 Å². The Kier molecular flexibility index (Phi) is 3.51. The summed E-state index contributed by atoms with van der Waals surface area (Å²) in [7, 11) is 1.53. The van der Waals surface area contributed by atoms with Crippen molar-refractivity contribution in [3.05, 3.63) is 47.8 Å². The minimum absolute atomic E-state index is 0.276. The average molecular weight is 235 g/mol. The number of rotatable bonds is 4. The zero-order valence-corrected chi connectivity index (χ0v) is 9.77. The van der Waals surface area contributed by atoms with Crippen molar-refractivity contribution in [2.75, 3.05) is 7.11 Å². The van der Waals surface area contributed by atoms with Crippen LogP contribution in [0, 0.1) is 12.7 Å². The summed E-state index contributed by atoms with van der Waals surface area (Å²) >= 11 is 0. The van der Waals surface area contributed by atoms with E-state index in [2.05, 4.69) is 10.5 Å². The molecule has 0 spiro atoms. The lowest BCUT2D eigenvalue weighted by molar-refractivity contribution is 0.0866. The molecule has 0 amide bonds. The fourth-order valence-corrected chi connectivity index (χ4v) is 1.64. The van der Waals surface area contributed by atoms with Crippen LogP contribution in [0.4, 0.5) is 4.39 Å². The molecular formula is C12H14FN3O. The lowest BCUT2D eigenvalue weighted by atomic mass is 10.2. The number of hydrogen-bond donors (Lipinski definition) is 1. The van der Waals surface area contributed by atoms with Crippen LogP contribution in [-0.4, -0.2) is 16.7 Å². The molecule has 1 aromatic carbocycles. The molecule has 1 N–H and O–H groups in total. The fraction of sp³-hybridized carbons (Fsp3) is 0.250. The summed E-state index contributed by atoms with van der Waals surface area (Å²) in [6, 6.07) is 5.07. The van der Waals surface area contributed by atoms with Crippen molar-refractivity contribution in [3.63, 3.8) is 0 Å². The van der Waals surface area contributed by atoms with Gasteiger partial charge in [-0.25, -0.2) is 9.37 Å². The third-order valence-electron chi connectivity index (χ3n) is 2.52. The van der Waals surface area contributed by atoms with E-state index in [1.54, 1.807) is 23.0 Å². The maximum Gasteiger partial charge on any atom is 0.147 e. The molecule has 0 unspecified atom stereocenters. The maximum absolute atomic E-state index is 13.9. The molecule has 0 fully saturated rings. The summed E-state index contributed by atoms with van der Waals surface area (Å²) in [6.45, 7) is 2.30. The van der Waals surface area contributed by atoms with Gasteiger partial charge in [0, 0.05) is 18.9 Å². The van der Waals surface area contributed by atoms with Crippen molar-refractivity contribution < 1.29 is 9.23 Å². The number of aryl methyl sites for hydroxylation is 1. The highest BCUT2D eigenvalue weighted by atomic mass is 19.1. The summed E-state index contributed by atoms with van der Waals surface area (Å²) in [6.07, 6.45) is 3.38. The van der Waals surface area contributed by atoms with Gasteiger partial charge < -0.3 is 9.40 Å². The van der Waals surface area contributed by atoms with Gasteiger partial charge in [-0.3, -0.25) is 0 Å². The molecule has 0 aliphatic rings. The molecule has 2 aromatic rings. The molecule has 1 heterocycles. The van der Waals surface area contributed by atoms with Gasteiger partial charge in [0.2, 0.25) is 0 Å². The normalized spacial score (nSPS) is 10.8. The monoisotopic (exact) mass is 235 g/mol. The second-order valence-corrected chi connectivity index (χ2v) is 3.66. The second-order valence-electron chi connectivity index (χ2n) is 3.66. The Bertz CT molecular complexity index is 510. The predicted octanol–water partition coefficient (Wildman–Crippen LogP) is 1.97. The average Bonchev–Trinajstić information content (AvgIpc) is 2.73. The minimum atomic E-state index is -0.276. The molecule has 1 aromatic heterocycles. The van der Waals surface area contributed by atoms with Crippen LogP contribution < -0.4 is 5.48 Å². The first-order valence-electron chi connectivity index (χ1n) is 5.27. The molecule has 0 radical (unpaired) electrons. The molecule has 0 aliphatic carbocycles. The van der Waals surface area contributed by atoms with Gasteiger partial charge in [0.15, 0.2) is 0 Å². The van der Waals surface area contributed by atoms with Gasteiger partial charge in [0.25, 0.3) is 0 Å². The summed E-state index contributed by atoms with van der Waals surface area (Å²) in [5.41, 5.74) is 4.00. The Morgan fingerprint density at radius 2 is 2.29 bits per heavy atom. The van der Waals surface area contributed by atoms with E-state index in [0.29, 0.717) is 12.2 Å². The van der Waals surface area contributed by atoms with Crippen LogP contribution in [0.5, 0.6) is 0 Å². The SMILES string of the molecule is CONCc1ccc(-n2ccnc2C)c(F)c1. The van der Waals surface area contributed by atoms with Crippen LogP contribution >= 0.6 is 0 Å². The van der Waals surface area contributed by atoms with Crippen LogP contribution in [0.15, 0.2) is 30.6 Å². The Morgan fingerprint density at radius 3 is 2.88 bits per heavy atom. The molecule has 0 bridgehead atoms. The predicted molar refractivity (Wildman–Crippen MR) is 62.1 cm³/mol. The van der Waals surface area contributed by atoms with Crippen LogP contribution in [-0.2, 0) is 11.4 Å². The van der Waals surface area contributed by atoms with Crippen molar-refractivity contribution in [3.8, 4) is 5.69 Å². The van der Waals surface area contributed by atoms with Gasteiger partial charge in [0.05, 0.1) is 12.8 Å². The van der Waals surface area contributed by atoms with Gasteiger partial charge >= 0.3 is 0 Å². The van der Waals surface area contributed by atoms with Crippen molar-refractivity contribution in [2.45, 2.75) is 13.5 Å². The van der Waals surface area contributed by atoms with Crippen LogP contribution in [0.2, 0.25) is 0 Å². The number of hydrogen-bond acceptors (Lipinski definition) is 3. The number of hydroxylamine groups is 1. The molecule has 4 nitrogen and oxygen atoms in total. The number of imidazole rings is 1. The minimum Gasteiger partial charge on any atom is -0.305 e. The van der Waals surface area contributed by atoms with E-state index in [0.717, 1.165) is 11.4 Å². The summed E-state index contributed by atoms with van der Waals surface area (Å²) in [4.78, 5) is 8.79. The largest absolute Gasteiger partial charge is 0.305 e. The molecule has 90 valence electrons. The standard InChI is InChI=1S/C12H14FN3O/c1-9-14-5-6-16(9)12-4-3-10(7-11(12)13)8-15-17-2/h3-7,15H,8H2,1-2H3. The Labute approximate surface area is 99.0 Å². The van der Waals surface area contributed by atoms with Crippen molar-refractivity contribution in [1.29, 1.82) is 0 Å². The highest BCUT2D eigenvalue weighted by Gasteiger charge is 2.07. The van der Waals surface area contributed by atoms with E-state index >= 15 is 0 Å². The summed E-state index contributed by atoms with van der Waals surface area (Å²) in [5, 5.41) is 0. The number of aromatic nitrogens is 2. The van der Waals surface area contributed by atoms with E-state index in [-0.39, 0.29) is 5.82 Å². The molecule has 0 saturated heterocycles. The first-order chi connectivity index (χ1) is 8.22. The Balaban J connectivity index is 2.29. The van der Waals surface area contributed by atoms with Gasteiger partial charge in [0.1, 0.15) is 11.6 Å². The third kappa shape index (κ3) is 2.51. The van der Waals surface area contributed by atoms with Crippen LogP contribution in [0.1, 0.15) is 11.4 Å². The van der Waals surface area contributed by atoms with Gasteiger partial charge in [-0.1, -0.05) is 6.07 Å². The first kappa shape index (κ1) is 11.8. The van der Waals surface area contributed by atoms with Gasteiger partial charge in [-0.2, -0.15) is 5.48 Å². The molecule has 2 rings (SSSR count). The maximum atomic E-state index is 13.9. The lowest BCUT2D eigenvalue weighted by Crippen LogP contribution is -2.11.